The van der Waals surface area contributed by atoms with Crippen LogP contribution in [-0.4, -0.2) is 43.6 Å². The molecule has 150 valence electrons. The lowest BCUT2D eigenvalue weighted by molar-refractivity contribution is 0.102. The first-order valence-corrected chi connectivity index (χ1v) is 9.33. The van der Waals surface area contributed by atoms with Gasteiger partial charge in [-0.05, 0) is 42.3 Å². The molecule has 0 unspecified atom stereocenters. The number of carbonyl (C=O) groups is 1. The zero-order valence-electron chi connectivity index (χ0n) is 16.8. The second kappa shape index (κ2) is 9.54. The van der Waals surface area contributed by atoms with Crippen molar-refractivity contribution in [1.82, 2.24) is 9.97 Å². The molecule has 0 radical (unpaired) electrons. The van der Waals surface area contributed by atoms with Crippen LogP contribution in [0.1, 0.15) is 16.1 Å². The molecule has 1 amide bonds. The SMILES string of the molecule is COc1ccccc1CCNc1cc(C(=O)Nc2ccc(N(C)C)cc2)ncn1. The first-order valence-electron chi connectivity index (χ1n) is 9.33. The highest BCUT2D eigenvalue weighted by Crippen LogP contribution is 2.18. The molecule has 7 heteroatoms. The van der Waals surface area contributed by atoms with E-state index in [-0.39, 0.29) is 5.91 Å². The van der Waals surface area contributed by atoms with Gasteiger partial charge < -0.3 is 20.3 Å². The van der Waals surface area contributed by atoms with Gasteiger partial charge in [0.15, 0.2) is 0 Å². The monoisotopic (exact) mass is 391 g/mol. The van der Waals surface area contributed by atoms with Crippen molar-refractivity contribution in [3.8, 4) is 5.75 Å². The van der Waals surface area contributed by atoms with Crippen molar-refractivity contribution in [1.29, 1.82) is 0 Å². The number of carbonyl (C=O) groups excluding carboxylic acids is 1. The smallest absolute Gasteiger partial charge is 0.274 e. The van der Waals surface area contributed by atoms with Crippen LogP contribution in [0.15, 0.2) is 60.9 Å². The van der Waals surface area contributed by atoms with Crippen LogP contribution in [-0.2, 0) is 6.42 Å². The van der Waals surface area contributed by atoms with Crippen molar-refractivity contribution in [2.75, 3.05) is 43.3 Å². The van der Waals surface area contributed by atoms with E-state index >= 15 is 0 Å². The number of hydrogen-bond acceptors (Lipinski definition) is 6. The van der Waals surface area contributed by atoms with Gasteiger partial charge in [-0.1, -0.05) is 18.2 Å². The maximum absolute atomic E-state index is 12.5. The highest BCUT2D eigenvalue weighted by molar-refractivity contribution is 6.03. The molecule has 0 saturated carbocycles. The van der Waals surface area contributed by atoms with Gasteiger partial charge in [0, 0.05) is 38.1 Å². The molecule has 7 nitrogen and oxygen atoms in total. The first-order chi connectivity index (χ1) is 14.1. The Morgan fingerprint density at radius 3 is 2.55 bits per heavy atom. The topological polar surface area (TPSA) is 79.4 Å². The van der Waals surface area contributed by atoms with E-state index in [2.05, 4.69) is 20.6 Å². The minimum atomic E-state index is -0.280. The van der Waals surface area contributed by atoms with Crippen LogP contribution >= 0.6 is 0 Å². The van der Waals surface area contributed by atoms with Crippen LogP contribution in [0.5, 0.6) is 5.75 Å². The molecule has 2 N–H and O–H groups in total. The molecule has 0 aliphatic heterocycles. The van der Waals surface area contributed by atoms with Gasteiger partial charge in [-0.25, -0.2) is 9.97 Å². The van der Waals surface area contributed by atoms with Crippen molar-refractivity contribution in [3.05, 3.63) is 72.2 Å². The fraction of sp³-hybridized carbons (Fsp3) is 0.227. The summed E-state index contributed by atoms with van der Waals surface area (Å²) in [4.78, 5) is 22.8. The van der Waals surface area contributed by atoms with Gasteiger partial charge in [0.25, 0.3) is 5.91 Å². The van der Waals surface area contributed by atoms with Crippen LogP contribution in [0.25, 0.3) is 0 Å². The number of nitrogens with zero attached hydrogens (tertiary/aromatic N) is 3. The Morgan fingerprint density at radius 2 is 1.83 bits per heavy atom. The van der Waals surface area contributed by atoms with E-state index in [1.165, 1.54) is 6.33 Å². The normalized spacial score (nSPS) is 10.3. The summed E-state index contributed by atoms with van der Waals surface area (Å²) in [6, 6.07) is 17.2. The zero-order valence-corrected chi connectivity index (χ0v) is 16.8. The number of hydrogen-bond donors (Lipinski definition) is 2. The highest BCUT2D eigenvalue weighted by atomic mass is 16.5. The predicted octanol–water partition coefficient (Wildman–Crippen LogP) is 3.46. The van der Waals surface area contributed by atoms with Gasteiger partial charge in [0.1, 0.15) is 23.6 Å². The van der Waals surface area contributed by atoms with Gasteiger partial charge in [-0.3, -0.25) is 4.79 Å². The standard InChI is InChI=1S/C22H25N5O2/c1-27(2)18-10-8-17(9-11-18)26-22(28)19-14-21(25-15-24-19)23-13-12-16-6-4-5-7-20(16)29-3/h4-11,14-15H,12-13H2,1-3H3,(H,26,28)(H,23,24,25). The number of amides is 1. The fourth-order valence-electron chi connectivity index (χ4n) is 2.85. The molecule has 3 rings (SSSR count). The zero-order chi connectivity index (χ0) is 20.6. The summed E-state index contributed by atoms with van der Waals surface area (Å²) in [7, 11) is 5.60. The Kier molecular flexibility index (Phi) is 6.63. The van der Waals surface area contributed by atoms with Gasteiger partial charge in [0.05, 0.1) is 7.11 Å². The third-order valence-electron chi connectivity index (χ3n) is 4.43. The van der Waals surface area contributed by atoms with Gasteiger partial charge in [0.2, 0.25) is 0 Å². The van der Waals surface area contributed by atoms with Crippen molar-refractivity contribution >= 4 is 23.1 Å². The van der Waals surface area contributed by atoms with Crippen molar-refractivity contribution < 1.29 is 9.53 Å². The molecule has 1 heterocycles. The van der Waals surface area contributed by atoms with E-state index in [0.717, 1.165) is 23.4 Å². The maximum Gasteiger partial charge on any atom is 0.274 e. The summed E-state index contributed by atoms with van der Waals surface area (Å²) < 4.78 is 5.37. The van der Waals surface area contributed by atoms with Crippen molar-refractivity contribution in [2.24, 2.45) is 0 Å². The molecule has 0 saturated heterocycles. The Morgan fingerprint density at radius 1 is 1.07 bits per heavy atom. The number of benzene rings is 2. The van der Waals surface area contributed by atoms with E-state index in [1.807, 2.05) is 67.5 Å². The molecule has 3 aromatic rings. The lowest BCUT2D eigenvalue weighted by Crippen LogP contribution is -2.15. The summed E-state index contributed by atoms with van der Waals surface area (Å²) in [6.45, 7) is 0.657. The summed E-state index contributed by atoms with van der Waals surface area (Å²) >= 11 is 0. The molecular formula is C22H25N5O2. The lowest BCUT2D eigenvalue weighted by Gasteiger charge is -2.13. The molecular weight excluding hydrogens is 366 g/mol. The summed E-state index contributed by atoms with van der Waals surface area (Å²) in [6.07, 6.45) is 2.16. The van der Waals surface area contributed by atoms with E-state index in [4.69, 9.17) is 4.74 Å². The molecule has 0 aliphatic rings. The van der Waals surface area contributed by atoms with Crippen LogP contribution in [0.2, 0.25) is 0 Å². The highest BCUT2D eigenvalue weighted by Gasteiger charge is 2.10. The Bertz CT molecular complexity index is 957. The van der Waals surface area contributed by atoms with Crippen LogP contribution in [0.4, 0.5) is 17.2 Å². The molecule has 0 bridgehead atoms. The fourth-order valence-corrected chi connectivity index (χ4v) is 2.85. The Labute approximate surface area is 170 Å². The quantitative estimate of drug-likeness (QED) is 0.612. The van der Waals surface area contributed by atoms with Crippen molar-refractivity contribution in [2.45, 2.75) is 6.42 Å². The summed E-state index contributed by atoms with van der Waals surface area (Å²) in [5, 5.41) is 6.09. The molecule has 0 atom stereocenters. The minimum Gasteiger partial charge on any atom is -0.496 e. The molecule has 0 fully saturated rings. The average Bonchev–Trinajstić information content (AvgIpc) is 2.74. The largest absolute Gasteiger partial charge is 0.496 e. The number of rotatable bonds is 8. The van der Waals surface area contributed by atoms with Crippen molar-refractivity contribution in [3.63, 3.8) is 0 Å². The van der Waals surface area contributed by atoms with E-state index < -0.39 is 0 Å². The van der Waals surface area contributed by atoms with Gasteiger partial charge in [-0.2, -0.15) is 0 Å². The maximum atomic E-state index is 12.5. The van der Waals surface area contributed by atoms with Gasteiger partial charge >= 0.3 is 0 Å². The number of para-hydroxylation sites is 1. The lowest BCUT2D eigenvalue weighted by atomic mass is 10.1. The first kappa shape index (κ1) is 20.1. The molecule has 2 aromatic carbocycles. The van der Waals surface area contributed by atoms with E-state index in [1.54, 1.807) is 13.2 Å². The average molecular weight is 391 g/mol. The molecule has 29 heavy (non-hydrogen) atoms. The number of ether oxygens (including phenoxy) is 1. The third kappa shape index (κ3) is 5.44. The number of nitrogens with one attached hydrogen (secondary N) is 2. The number of aromatic nitrogens is 2. The second-order valence-corrected chi connectivity index (χ2v) is 6.67. The number of anilines is 3. The summed E-state index contributed by atoms with van der Waals surface area (Å²) in [5.74, 6) is 1.18. The van der Waals surface area contributed by atoms with Crippen LogP contribution in [0.3, 0.4) is 0 Å². The number of methoxy groups -OCH3 is 1. The molecule has 0 spiro atoms. The van der Waals surface area contributed by atoms with Gasteiger partial charge in [-0.15, -0.1) is 0 Å². The van der Waals surface area contributed by atoms with E-state index in [9.17, 15) is 4.79 Å². The third-order valence-corrected chi connectivity index (χ3v) is 4.43. The summed E-state index contributed by atoms with van der Waals surface area (Å²) in [5.41, 5.74) is 3.18. The Balaban J connectivity index is 1.59. The molecule has 1 aromatic heterocycles. The Hall–Kier alpha value is -3.61. The predicted molar refractivity (Wildman–Crippen MR) is 116 cm³/mol. The van der Waals surface area contributed by atoms with Crippen LogP contribution < -0.4 is 20.3 Å². The van der Waals surface area contributed by atoms with Crippen LogP contribution in [0, 0.1) is 0 Å². The minimum absolute atomic E-state index is 0.280. The molecule has 0 aliphatic carbocycles. The second-order valence-electron chi connectivity index (χ2n) is 6.67. The van der Waals surface area contributed by atoms with E-state index in [0.29, 0.717) is 23.7 Å².